The highest BCUT2D eigenvalue weighted by molar-refractivity contribution is 6.30. The van der Waals surface area contributed by atoms with Crippen LogP contribution in [0, 0.1) is 18.3 Å². The molecule has 0 atom stereocenters. The van der Waals surface area contributed by atoms with Gasteiger partial charge in [0.2, 0.25) is 0 Å². The predicted molar refractivity (Wildman–Crippen MR) is 75.2 cm³/mol. The fourth-order valence-corrected chi connectivity index (χ4v) is 1.96. The van der Waals surface area contributed by atoms with Gasteiger partial charge in [0.15, 0.2) is 0 Å². The molecule has 0 saturated carbocycles. The SMILES string of the molecule is Cc1c(N)cc(C#N)n1CCOc1ccc(Cl)cc1. The number of halogens is 1. The van der Waals surface area contributed by atoms with E-state index in [1.807, 2.05) is 23.6 Å². The summed E-state index contributed by atoms with van der Waals surface area (Å²) in [6, 6.07) is 11.0. The summed E-state index contributed by atoms with van der Waals surface area (Å²) >= 11 is 5.80. The van der Waals surface area contributed by atoms with Crippen molar-refractivity contribution in [3.8, 4) is 11.8 Å². The van der Waals surface area contributed by atoms with Crippen LogP contribution in [-0.2, 0) is 6.54 Å². The Morgan fingerprint density at radius 2 is 2.05 bits per heavy atom. The molecule has 1 aromatic heterocycles. The highest BCUT2D eigenvalue weighted by Gasteiger charge is 2.08. The number of rotatable bonds is 4. The maximum atomic E-state index is 9.02. The standard InChI is InChI=1S/C14H14ClN3O/c1-10-14(17)8-12(9-16)18(10)6-7-19-13-4-2-11(15)3-5-13/h2-5,8H,6-7,17H2,1H3. The van der Waals surface area contributed by atoms with Crippen LogP contribution in [0.2, 0.25) is 5.02 Å². The number of nitrogens with zero attached hydrogens (tertiary/aromatic N) is 2. The van der Waals surface area contributed by atoms with Gasteiger partial charge in [-0.3, -0.25) is 0 Å². The molecular formula is C14H14ClN3O. The summed E-state index contributed by atoms with van der Waals surface area (Å²) in [4.78, 5) is 0. The summed E-state index contributed by atoms with van der Waals surface area (Å²) in [5.41, 5.74) is 7.85. The summed E-state index contributed by atoms with van der Waals surface area (Å²) in [6.45, 7) is 2.93. The zero-order valence-electron chi connectivity index (χ0n) is 10.6. The van der Waals surface area contributed by atoms with Crippen LogP contribution < -0.4 is 10.5 Å². The van der Waals surface area contributed by atoms with Gasteiger partial charge in [-0.2, -0.15) is 5.26 Å². The molecule has 19 heavy (non-hydrogen) atoms. The molecule has 0 saturated heterocycles. The normalized spacial score (nSPS) is 10.2. The lowest BCUT2D eigenvalue weighted by Gasteiger charge is -2.10. The maximum absolute atomic E-state index is 9.02. The number of nitriles is 1. The molecule has 0 amide bonds. The van der Waals surface area contributed by atoms with Crippen molar-refractivity contribution >= 4 is 17.3 Å². The minimum absolute atomic E-state index is 0.464. The Morgan fingerprint density at radius 1 is 1.37 bits per heavy atom. The summed E-state index contributed by atoms with van der Waals surface area (Å²) in [7, 11) is 0. The number of nitrogen functional groups attached to an aromatic ring is 1. The third kappa shape index (κ3) is 3.01. The Hall–Kier alpha value is -2.12. The van der Waals surface area contributed by atoms with Crippen molar-refractivity contribution in [2.75, 3.05) is 12.3 Å². The molecular weight excluding hydrogens is 262 g/mol. The van der Waals surface area contributed by atoms with E-state index in [2.05, 4.69) is 6.07 Å². The quantitative estimate of drug-likeness (QED) is 0.933. The first kappa shape index (κ1) is 13.3. The van der Waals surface area contributed by atoms with Crippen molar-refractivity contribution in [2.45, 2.75) is 13.5 Å². The fourth-order valence-electron chi connectivity index (χ4n) is 1.83. The minimum Gasteiger partial charge on any atom is -0.492 e. The molecule has 98 valence electrons. The topological polar surface area (TPSA) is 64.0 Å². The summed E-state index contributed by atoms with van der Waals surface area (Å²) < 4.78 is 7.45. The van der Waals surface area contributed by atoms with Crippen LogP contribution in [0.1, 0.15) is 11.4 Å². The second-order valence-corrected chi connectivity index (χ2v) is 4.57. The number of hydrogen-bond acceptors (Lipinski definition) is 3. The van der Waals surface area contributed by atoms with Crippen molar-refractivity contribution in [1.82, 2.24) is 4.57 Å². The molecule has 0 aliphatic rings. The van der Waals surface area contributed by atoms with E-state index >= 15 is 0 Å². The van der Waals surface area contributed by atoms with Crippen LogP contribution in [0.25, 0.3) is 0 Å². The van der Waals surface area contributed by atoms with Gasteiger partial charge in [0.1, 0.15) is 24.1 Å². The van der Waals surface area contributed by atoms with E-state index < -0.39 is 0 Å². The van der Waals surface area contributed by atoms with Crippen LogP contribution in [-0.4, -0.2) is 11.2 Å². The van der Waals surface area contributed by atoms with Crippen LogP contribution in [0.15, 0.2) is 30.3 Å². The zero-order valence-corrected chi connectivity index (χ0v) is 11.3. The van der Waals surface area contributed by atoms with Crippen molar-refractivity contribution in [2.24, 2.45) is 0 Å². The highest BCUT2D eigenvalue weighted by atomic mass is 35.5. The number of anilines is 1. The summed E-state index contributed by atoms with van der Waals surface area (Å²) in [6.07, 6.45) is 0. The molecule has 0 bridgehead atoms. The molecule has 1 heterocycles. The van der Waals surface area contributed by atoms with Gasteiger partial charge in [-0.25, -0.2) is 0 Å². The second-order valence-electron chi connectivity index (χ2n) is 4.14. The number of aromatic nitrogens is 1. The van der Waals surface area contributed by atoms with Crippen molar-refractivity contribution in [1.29, 1.82) is 5.26 Å². The van der Waals surface area contributed by atoms with E-state index in [-0.39, 0.29) is 0 Å². The number of benzene rings is 1. The van der Waals surface area contributed by atoms with Crippen LogP contribution >= 0.6 is 11.6 Å². The first-order valence-corrected chi connectivity index (χ1v) is 6.23. The predicted octanol–water partition coefficient (Wildman–Crippen LogP) is 2.98. The fraction of sp³-hybridized carbons (Fsp3) is 0.214. The molecule has 5 heteroatoms. The lowest BCUT2D eigenvalue weighted by Crippen LogP contribution is -2.11. The number of ether oxygens (including phenoxy) is 1. The Kier molecular flexibility index (Phi) is 3.98. The Balaban J connectivity index is 2.00. The average molecular weight is 276 g/mol. The summed E-state index contributed by atoms with van der Waals surface area (Å²) in [5, 5.41) is 9.70. The van der Waals surface area contributed by atoms with Gasteiger partial charge >= 0.3 is 0 Å². The van der Waals surface area contributed by atoms with Crippen molar-refractivity contribution < 1.29 is 4.74 Å². The van der Waals surface area contributed by atoms with E-state index in [0.717, 1.165) is 11.4 Å². The third-order valence-electron chi connectivity index (χ3n) is 2.92. The molecule has 0 radical (unpaired) electrons. The molecule has 0 aliphatic heterocycles. The van der Waals surface area contributed by atoms with Crippen LogP contribution in [0.4, 0.5) is 5.69 Å². The van der Waals surface area contributed by atoms with Gasteiger partial charge in [-0.15, -0.1) is 0 Å². The number of nitrogens with two attached hydrogens (primary N) is 1. The molecule has 1 aromatic carbocycles. The molecule has 0 fully saturated rings. The average Bonchev–Trinajstić information content (AvgIpc) is 2.68. The monoisotopic (exact) mass is 275 g/mol. The van der Waals surface area contributed by atoms with E-state index in [1.54, 1.807) is 18.2 Å². The van der Waals surface area contributed by atoms with Gasteiger partial charge in [-0.1, -0.05) is 11.6 Å². The van der Waals surface area contributed by atoms with Crippen molar-refractivity contribution in [3.05, 3.63) is 46.7 Å². The van der Waals surface area contributed by atoms with E-state index in [4.69, 9.17) is 27.3 Å². The third-order valence-corrected chi connectivity index (χ3v) is 3.17. The Morgan fingerprint density at radius 3 is 2.68 bits per heavy atom. The number of hydrogen-bond donors (Lipinski definition) is 1. The van der Waals surface area contributed by atoms with Gasteiger partial charge in [0, 0.05) is 10.7 Å². The van der Waals surface area contributed by atoms with Crippen LogP contribution in [0.5, 0.6) is 5.75 Å². The second kappa shape index (κ2) is 5.68. The maximum Gasteiger partial charge on any atom is 0.122 e. The van der Waals surface area contributed by atoms with Gasteiger partial charge in [0.05, 0.1) is 12.2 Å². The van der Waals surface area contributed by atoms with Crippen LogP contribution in [0.3, 0.4) is 0 Å². The first-order chi connectivity index (χ1) is 9.11. The Labute approximate surface area is 117 Å². The zero-order chi connectivity index (χ0) is 13.8. The van der Waals surface area contributed by atoms with Gasteiger partial charge in [-0.05, 0) is 37.3 Å². The molecule has 2 rings (SSSR count). The molecule has 0 unspecified atom stereocenters. The molecule has 2 aromatic rings. The molecule has 0 spiro atoms. The van der Waals surface area contributed by atoms with E-state index in [1.165, 1.54) is 0 Å². The molecule has 0 aliphatic carbocycles. The van der Waals surface area contributed by atoms with Gasteiger partial charge < -0.3 is 15.0 Å². The van der Waals surface area contributed by atoms with E-state index in [0.29, 0.717) is 29.6 Å². The minimum atomic E-state index is 0.464. The molecule has 2 N–H and O–H groups in total. The molecule has 4 nitrogen and oxygen atoms in total. The summed E-state index contributed by atoms with van der Waals surface area (Å²) in [5.74, 6) is 0.751. The lowest BCUT2D eigenvalue weighted by molar-refractivity contribution is 0.297. The Bertz CT molecular complexity index is 611. The van der Waals surface area contributed by atoms with Gasteiger partial charge in [0.25, 0.3) is 0 Å². The first-order valence-electron chi connectivity index (χ1n) is 5.86. The largest absolute Gasteiger partial charge is 0.492 e. The lowest BCUT2D eigenvalue weighted by atomic mass is 10.3. The van der Waals surface area contributed by atoms with E-state index in [9.17, 15) is 0 Å². The van der Waals surface area contributed by atoms with Crippen molar-refractivity contribution in [3.63, 3.8) is 0 Å². The highest BCUT2D eigenvalue weighted by Crippen LogP contribution is 2.18. The smallest absolute Gasteiger partial charge is 0.122 e.